The third-order valence-electron chi connectivity index (χ3n) is 9.58. The summed E-state index contributed by atoms with van der Waals surface area (Å²) >= 11 is 0. The number of fused-ring (bicyclic) bond motifs is 3. The van der Waals surface area contributed by atoms with E-state index < -0.39 is 57.9 Å². The van der Waals surface area contributed by atoms with Gasteiger partial charge in [0.1, 0.15) is 22.8 Å². The lowest BCUT2D eigenvalue weighted by Crippen LogP contribution is -2.62. The zero-order valence-electron chi connectivity index (χ0n) is 25.9. The van der Waals surface area contributed by atoms with Gasteiger partial charge in [0.2, 0.25) is 5.78 Å². The van der Waals surface area contributed by atoms with Crippen LogP contribution in [-0.4, -0.2) is 50.0 Å². The zero-order chi connectivity index (χ0) is 32.2. The van der Waals surface area contributed by atoms with E-state index >= 15 is 0 Å². The molecule has 2 aromatic carbocycles. The van der Waals surface area contributed by atoms with E-state index in [2.05, 4.69) is 44.3 Å². The number of aromatic hydroxyl groups is 1. The summed E-state index contributed by atoms with van der Waals surface area (Å²) in [6.07, 6.45) is 1.09. The van der Waals surface area contributed by atoms with Gasteiger partial charge in [-0.1, -0.05) is 52.8 Å². The van der Waals surface area contributed by atoms with Crippen molar-refractivity contribution in [3.05, 3.63) is 69.5 Å². The molecule has 4 atom stereocenters. The highest BCUT2D eigenvalue weighted by Crippen LogP contribution is 2.55. The van der Waals surface area contributed by atoms with Gasteiger partial charge in [0.15, 0.2) is 11.4 Å². The second-order valence-electron chi connectivity index (χ2n) is 13.2. The minimum atomic E-state index is -2.62. The number of phenolic OH excluding ortho intramolecular Hbond substituents is 1. The molecule has 0 saturated heterocycles. The Labute approximate surface area is 257 Å². The number of primary amides is 1. The first-order valence-electron chi connectivity index (χ1n) is 15.4. The Bertz CT molecular complexity index is 1620. The van der Waals surface area contributed by atoms with Gasteiger partial charge in [0.25, 0.3) is 5.91 Å². The number of amides is 1. The summed E-state index contributed by atoms with van der Waals surface area (Å²) in [5.74, 6) is -7.20. The van der Waals surface area contributed by atoms with Crippen molar-refractivity contribution >= 4 is 23.2 Å². The fraction of sp³-hybridized carbons (Fsp3) is 0.457. The summed E-state index contributed by atoms with van der Waals surface area (Å²) in [5, 5.41) is 49.0. The standard InChI is InChI=1S/C35H42N2O7/c1-6-19-8-7-18(15-37-14-16(2)3)11-22(19)21-9-10-25(38)28-23(21)12-20-13-24-26(17(4)5)30(39)29(34(36)43)33(42)35(24,44)32(41)27(20)31(28)40/h7-11,16-17,20,24,26,37-38,40,42,44H,6,12-15H2,1-5H3,(H2,36,43)/t20-,24-,26-,35-/m0/s1. The molecule has 0 spiro atoms. The number of carbonyl (C=O) groups is 3. The third-order valence-corrected chi connectivity index (χ3v) is 9.58. The Hall–Kier alpha value is -3.95. The maximum Gasteiger partial charge on any atom is 0.255 e. The Morgan fingerprint density at radius 1 is 1.07 bits per heavy atom. The molecule has 2 aromatic rings. The topological polar surface area (TPSA) is 170 Å². The normalized spacial score (nSPS) is 25.0. The van der Waals surface area contributed by atoms with Crippen LogP contribution in [-0.2, 0) is 33.8 Å². The van der Waals surface area contributed by atoms with Crippen LogP contribution in [0.5, 0.6) is 5.75 Å². The maximum absolute atomic E-state index is 14.1. The van der Waals surface area contributed by atoms with E-state index in [9.17, 15) is 34.8 Å². The predicted molar refractivity (Wildman–Crippen MR) is 166 cm³/mol. The number of nitrogens with two attached hydrogens (primary N) is 1. The minimum absolute atomic E-state index is 0.0840. The lowest BCUT2D eigenvalue weighted by atomic mass is 9.54. The number of rotatable bonds is 8. The quantitative estimate of drug-likeness (QED) is 0.243. The molecule has 234 valence electrons. The number of hydrogen-bond donors (Lipinski definition) is 6. The van der Waals surface area contributed by atoms with Crippen LogP contribution >= 0.6 is 0 Å². The van der Waals surface area contributed by atoms with Gasteiger partial charge in [-0.2, -0.15) is 0 Å². The number of aryl methyl sites for hydroxylation is 1. The predicted octanol–water partition coefficient (Wildman–Crippen LogP) is 4.28. The summed E-state index contributed by atoms with van der Waals surface area (Å²) in [6.45, 7) is 11.4. The second kappa shape index (κ2) is 11.5. The van der Waals surface area contributed by atoms with Gasteiger partial charge in [-0.15, -0.1) is 0 Å². The van der Waals surface area contributed by atoms with Crippen molar-refractivity contribution in [1.82, 2.24) is 5.32 Å². The molecule has 1 amide bonds. The average molecular weight is 603 g/mol. The number of nitrogens with one attached hydrogen (secondary N) is 1. The second-order valence-corrected chi connectivity index (χ2v) is 13.2. The molecule has 9 nitrogen and oxygen atoms in total. The van der Waals surface area contributed by atoms with Crippen molar-refractivity contribution in [2.45, 2.75) is 66.0 Å². The van der Waals surface area contributed by atoms with Crippen molar-refractivity contribution in [1.29, 1.82) is 0 Å². The van der Waals surface area contributed by atoms with Gasteiger partial charge in [-0.3, -0.25) is 14.4 Å². The molecule has 0 heterocycles. The van der Waals surface area contributed by atoms with Crippen molar-refractivity contribution in [3.63, 3.8) is 0 Å². The van der Waals surface area contributed by atoms with Crippen molar-refractivity contribution < 1.29 is 34.8 Å². The Kier molecular flexibility index (Phi) is 8.24. The monoisotopic (exact) mass is 602 g/mol. The molecular formula is C35H42N2O7. The van der Waals surface area contributed by atoms with Crippen molar-refractivity contribution in [2.75, 3.05) is 6.54 Å². The average Bonchev–Trinajstić information content (AvgIpc) is 2.94. The van der Waals surface area contributed by atoms with Crippen molar-refractivity contribution in [2.24, 2.45) is 35.3 Å². The number of benzene rings is 2. The number of carbonyl (C=O) groups excluding carboxylic acids is 3. The molecule has 9 heteroatoms. The van der Waals surface area contributed by atoms with E-state index in [0.29, 0.717) is 18.0 Å². The van der Waals surface area contributed by atoms with Crippen LogP contribution in [0.25, 0.3) is 16.9 Å². The molecule has 5 rings (SSSR count). The SMILES string of the molecule is CCc1ccc(CNCC(C)C)cc1-c1ccc(O)c2c1C[C@H]1C[C@H]3[C@H](C(C)C)C(=O)C(C(N)=O)=C(O)[C@@]3(O)C(=O)C1=C2O. The van der Waals surface area contributed by atoms with Crippen LogP contribution in [0.1, 0.15) is 63.3 Å². The van der Waals surface area contributed by atoms with E-state index in [-0.39, 0.29) is 35.6 Å². The zero-order valence-corrected chi connectivity index (χ0v) is 25.9. The van der Waals surface area contributed by atoms with Crippen LogP contribution in [0.15, 0.2) is 47.2 Å². The van der Waals surface area contributed by atoms with E-state index in [1.54, 1.807) is 13.8 Å². The van der Waals surface area contributed by atoms with Gasteiger partial charge in [0.05, 0.1) is 5.56 Å². The van der Waals surface area contributed by atoms with E-state index in [0.717, 1.165) is 35.2 Å². The molecular weight excluding hydrogens is 560 g/mol. The molecule has 0 aliphatic heterocycles. The molecule has 0 aromatic heterocycles. The molecule has 44 heavy (non-hydrogen) atoms. The summed E-state index contributed by atoms with van der Waals surface area (Å²) in [6, 6.07) is 9.59. The molecule has 0 bridgehead atoms. The van der Waals surface area contributed by atoms with Gasteiger partial charge in [0, 0.05) is 24.0 Å². The van der Waals surface area contributed by atoms with Crippen LogP contribution < -0.4 is 11.1 Å². The molecule has 3 aliphatic rings. The first-order chi connectivity index (χ1) is 20.7. The van der Waals surface area contributed by atoms with Gasteiger partial charge in [-0.05, 0) is 83.5 Å². The molecule has 7 N–H and O–H groups in total. The third kappa shape index (κ3) is 4.82. The fourth-order valence-corrected chi connectivity index (χ4v) is 7.53. The van der Waals surface area contributed by atoms with Gasteiger partial charge < -0.3 is 31.5 Å². The highest BCUT2D eigenvalue weighted by molar-refractivity contribution is 6.23. The fourth-order valence-electron chi connectivity index (χ4n) is 7.53. The van der Waals surface area contributed by atoms with Crippen molar-refractivity contribution in [3.8, 4) is 16.9 Å². The van der Waals surface area contributed by atoms with Crippen LogP contribution in [0, 0.1) is 29.6 Å². The molecule has 0 radical (unpaired) electrons. The number of ketones is 2. The number of Topliss-reactive ketones (excluding diaryl/α,β-unsaturated/α-hetero) is 2. The number of aliphatic hydroxyl groups excluding tert-OH is 2. The van der Waals surface area contributed by atoms with Crippen LogP contribution in [0.3, 0.4) is 0 Å². The van der Waals surface area contributed by atoms with Crippen LogP contribution in [0.2, 0.25) is 0 Å². The van der Waals surface area contributed by atoms with Gasteiger partial charge in [-0.25, -0.2) is 0 Å². The highest BCUT2D eigenvalue weighted by atomic mass is 16.3. The minimum Gasteiger partial charge on any atom is -0.508 e. The molecule has 3 aliphatic carbocycles. The number of aliphatic hydroxyl groups is 3. The summed E-state index contributed by atoms with van der Waals surface area (Å²) in [4.78, 5) is 39.8. The maximum atomic E-state index is 14.1. The molecule has 0 unspecified atom stereocenters. The summed E-state index contributed by atoms with van der Waals surface area (Å²) in [5.41, 5.74) is 6.59. The first kappa shape index (κ1) is 31.5. The Morgan fingerprint density at radius 2 is 1.77 bits per heavy atom. The highest BCUT2D eigenvalue weighted by Gasteiger charge is 2.64. The number of hydrogen-bond acceptors (Lipinski definition) is 8. The molecule has 1 saturated carbocycles. The van der Waals surface area contributed by atoms with E-state index in [1.807, 2.05) is 6.07 Å². The summed E-state index contributed by atoms with van der Waals surface area (Å²) < 4.78 is 0. The van der Waals surface area contributed by atoms with E-state index in [1.165, 1.54) is 6.07 Å². The Balaban J connectivity index is 1.67. The number of phenols is 1. The summed E-state index contributed by atoms with van der Waals surface area (Å²) in [7, 11) is 0. The molecule has 1 fully saturated rings. The first-order valence-corrected chi connectivity index (χ1v) is 15.4. The van der Waals surface area contributed by atoms with Crippen LogP contribution in [0.4, 0.5) is 0 Å². The van der Waals surface area contributed by atoms with E-state index in [4.69, 9.17) is 5.73 Å². The van der Waals surface area contributed by atoms with Gasteiger partial charge >= 0.3 is 0 Å². The largest absolute Gasteiger partial charge is 0.508 e. The Morgan fingerprint density at radius 3 is 2.39 bits per heavy atom. The lowest BCUT2D eigenvalue weighted by Gasteiger charge is -2.50. The lowest BCUT2D eigenvalue weighted by molar-refractivity contribution is -0.155. The smallest absolute Gasteiger partial charge is 0.255 e.